The Morgan fingerprint density at radius 2 is 1.59 bits per heavy atom. The van der Waals surface area contributed by atoms with Crippen LogP contribution in [0.5, 0.6) is 0 Å². The third kappa shape index (κ3) is 2.66. The zero-order chi connectivity index (χ0) is 23.2. The van der Waals surface area contributed by atoms with Crippen molar-refractivity contribution >= 4 is 59.8 Å². The molecule has 7 rings (SSSR count). The SMILES string of the molecule is CCc1cccc2c3ccc4ccnc5c6cc7cc(CC(C)(C)C)ccc7cc6n(c12)c3c45. The van der Waals surface area contributed by atoms with E-state index in [2.05, 4.69) is 98.8 Å². The number of aromatic nitrogens is 2. The van der Waals surface area contributed by atoms with Crippen molar-refractivity contribution in [1.29, 1.82) is 0 Å². The lowest BCUT2D eigenvalue weighted by molar-refractivity contribution is 0.411. The molecule has 0 amide bonds. The molecule has 3 aromatic heterocycles. The topological polar surface area (TPSA) is 17.3 Å². The van der Waals surface area contributed by atoms with E-state index in [1.807, 2.05) is 6.20 Å². The summed E-state index contributed by atoms with van der Waals surface area (Å²) in [5, 5.41) is 8.99. The number of hydrogen-bond donors (Lipinski definition) is 0. The van der Waals surface area contributed by atoms with Crippen LogP contribution in [-0.4, -0.2) is 9.38 Å². The Morgan fingerprint density at radius 3 is 2.41 bits per heavy atom. The van der Waals surface area contributed by atoms with Gasteiger partial charge in [-0.1, -0.05) is 76.2 Å². The van der Waals surface area contributed by atoms with Crippen molar-refractivity contribution in [2.75, 3.05) is 0 Å². The summed E-state index contributed by atoms with van der Waals surface area (Å²) < 4.78 is 2.53. The molecule has 0 atom stereocenters. The highest BCUT2D eigenvalue weighted by atomic mass is 14.9. The summed E-state index contributed by atoms with van der Waals surface area (Å²) in [6, 6.07) is 25.2. The van der Waals surface area contributed by atoms with Crippen LogP contribution < -0.4 is 0 Å². The molecule has 0 N–H and O–H groups in total. The summed E-state index contributed by atoms with van der Waals surface area (Å²) in [5.74, 6) is 0. The normalized spacial score (nSPS) is 12.9. The quantitative estimate of drug-likeness (QED) is 0.194. The monoisotopic (exact) mass is 440 g/mol. The average Bonchev–Trinajstić information content (AvgIpc) is 3.17. The van der Waals surface area contributed by atoms with Crippen LogP contribution in [0.2, 0.25) is 0 Å². The van der Waals surface area contributed by atoms with Gasteiger partial charge in [-0.25, -0.2) is 0 Å². The molecule has 0 saturated heterocycles. The van der Waals surface area contributed by atoms with E-state index in [9.17, 15) is 0 Å². The fourth-order valence-electron chi connectivity index (χ4n) is 6.05. The molecule has 166 valence electrons. The predicted molar refractivity (Wildman–Crippen MR) is 146 cm³/mol. The molecule has 3 heterocycles. The minimum atomic E-state index is 0.264. The zero-order valence-corrected chi connectivity index (χ0v) is 20.2. The number of fused-ring (bicyclic) bond motifs is 7. The Hall–Kier alpha value is -3.65. The summed E-state index contributed by atoms with van der Waals surface area (Å²) in [6.07, 6.45) is 4.04. The third-order valence-electron chi connectivity index (χ3n) is 7.39. The second-order valence-electron chi connectivity index (χ2n) is 11.0. The number of pyridine rings is 2. The minimum absolute atomic E-state index is 0.264. The van der Waals surface area contributed by atoms with Crippen molar-refractivity contribution in [1.82, 2.24) is 9.38 Å². The smallest absolute Gasteiger partial charge is 0.0822 e. The summed E-state index contributed by atoms with van der Waals surface area (Å²) in [6.45, 7) is 9.17. The first-order valence-electron chi connectivity index (χ1n) is 12.3. The van der Waals surface area contributed by atoms with Crippen molar-refractivity contribution < 1.29 is 0 Å². The number of aryl methyl sites for hydroxylation is 1. The number of benzene rings is 4. The second kappa shape index (κ2) is 6.70. The third-order valence-corrected chi connectivity index (χ3v) is 7.39. The first-order valence-corrected chi connectivity index (χ1v) is 12.3. The highest BCUT2D eigenvalue weighted by Crippen LogP contribution is 2.42. The molecular formula is C32H28N2. The van der Waals surface area contributed by atoms with Crippen LogP contribution in [0.1, 0.15) is 38.8 Å². The Morgan fingerprint density at radius 1 is 0.765 bits per heavy atom. The van der Waals surface area contributed by atoms with Crippen LogP contribution in [0.25, 0.3) is 59.8 Å². The standard InChI is InChI=1S/C32H28N2/c1-5-20-7-6-8-24-25-12-11-21-13-14-33-29-26-16-23-15-19(18-32(2,3)4)9-10-22(23)17-27(26)34(30(20)24)31(25)28(21)29/h6-17H,5,18H2,1-4H3. The van der Waals surface area contributed by atoms with Crippen molar-refractivity contribution in [2.24, 2.45) is 5.41 Å². The Bertz CT molecular complexity index is 1900. The lowest BCUT2D eigenvalue weighted by atomic mass is 9.87. The van der Waals surface area contributed by atoms with Gasteiger partial charge in [0, 0.05) is 27.7 Å². The summed E-state index contributed by atoms with van der Waals surface area (Å²) in [7, 11) is 0. The molecule has 0 fully saturated rings. The van der Waals surface area contributed by atoms with Crippen LogP contribution in [0.4, 0.5) is 0 Å². The van der Waals surface area contributed by atoms with Gasteiger partial charge in [0.1, 0.15) is 0 Å². The molecule has 0 aliphatic heterocycles. The largest absolute Gasteiger partial charge is 0.308 e. The highest BCUT2D eigenvalue weighted by Gasteiger charge is 2.20. The van der Waals surface area contributed by atoms with Gasteiger partial charge in [0.05, 0.1) is 22.1 Å². The van der Waals surface area contributed by atoms with Gasteiger partial charge in [0.15, 0.2) is 0 Å². The van der Waals surface area contributed by atoms with E-state index in [-0.39, 0.29) is 5.41 Å². The number of nitrogens with zero attached hydrogens (tertiary/aromatic N) is 2. The second-order valence-corrected chi connectivity index (χ2v) is 11.0. The maximum Gasteiger partial charge on any atom is 0.0822 e. The number of para-hydroxylation sites is 1. The average molecular weight is 441 g/mol. The minimum Gasteiger partial charge on any atom is -0.308 e. The van der Waals surface area contributed by atoms with Gasteiger partial charge in [0.2, 0.25) is 0 Å². The van der Waals surface area contributed by atoms with Crippen LogP contribution in [-0.2, 0) is 12.8 Å². The molecule has 0 aliphatic carbocycles. The van der Waals surface area contributed by atoms with Crippen molar-refractivity contribution in [3.05, 3.63) is 84.1 Å². The van der Waals surface area contributed by atoms with E-state index < -0.39 is 0 Å². The van der Waals surface area contributed by atoms with E-state index in [4.69, 9.17) is 4.98 Å². The first-order chi connectivity index (χ1) is 16.4. The van der Waals surface area contributed by atoms with Gasteiger partial charge < -0.3 is 4.40 Å². The lowest BCUT2D eigenvalue weighted by Gasteiger charge is -2.19. The molecule has 4 aromatic carbocycles. The fraction of sp³-hybridized carbons (Fsp3) is 0.219. The molecule has 0 spiro atoms. The molecule has 0 radical (unpaired) electrons. The maximum atomic E-state index is 4.95. The molecule has 0 unspecified atom stereocenters. The van der Waals surface area contributed by atoms with E-state index >= 15 is 0 Å². The lowest BCUT2D eigenvalue weighted by Crippen LogP contribution is -2.08. The van der Waals surface area contributed by atoms with Gasteiger partial charge in [-0.15, -0.1) is 0 Å². The summed E-state index contributed by atoms with van der Waals surface area (Å²) in [5.41, 5.74) is 8.04. The molecule has 7 aromatic rings. The molecule has 2 heteroatoms. The molecule has 0 saturated carbocycles. The van der Waals surface area contributed by atoms with Gasteiger partial charge >= 0.3 is 0 Å². The predicted octanol–water partition coefficient (Wildman–Crippen LogP) is 8.69. The van der Waals surface area contributed by atoms with Crippen LogP contribution in [0.3, 0.4) is 0 Å². The highest BCUT2D eigenvalue weighted by molar-refractivity contribution is 6.28. The van der Waals surface area contributed by atoms with Gasteiger partial charge in [-0.3, -0.25) is 4.98 Å². The number of hydrogen-bond acceptors (Lipinski definition) is 1. The Kier molecular flexibility index (Phi) is 3.90. The Balaban J connectivity index is 1.72. The number of rotatable bonds is 2. The van der Waals surface area contributed by atoms with Crippen LogP contribution in [0, 0.1) is 5.41 Å². The van der Waals surface area contributed by atoms with Gasteiger partial charge in [0.25, 0.3) is 0 Å². The maximum absolute atomic E-state index is 4.95. The fourth-order valence-corrected chi connectivity index (χ4v) is 6.05. The molecule has 2 nitrogen and oxygen atoms in total. The first kappa shape index (κ1) is 19.8. The molecule has 34 heavy (non-hydrogen) atoms. The van der Waals surface area contributed by atoms with Crippen LogP contribution >= 0.6 is 0 Å². The summed E-state index contributed by atoms with van der Waals surface area (Å²) in [4.78, 5) is 4.95. The van der Waals surface area contributed by atoms with E-state index in [0.29, 0.717) is 0 Å². The molecule has 0 bridgehead atoms. The van der Waals surface area contributed by atoms with Gasteiger partial charge in [-0.05, 0) is 63.7 Å². The molecular weight excluding hydrogens is 412 g/mol. The van der Waals surface area contributed by atoms with Crippen molar-refractivity contribution in [2.45, 2.75) is 40.5 Å². The van der Waals surface area contributed by atoms with Gasteiger partial charge in [-0.2, -0.15) is 0 Å². The van der Waals surface area contributed by atoms with E-state index in [0.717, 1.165) is 18.4 Å². The van der Waals surface area contributed by atoms with Crippen molar-refractivity contribution in [3.8, 4) is 0 Å². The Labute approximate surface area is 199 Å². The van der Waals surface area contributed by atoms with E-state index in [1.54, 1.807) is 0 Å². The zero-order valence-electron chi connectivity index (χ0n) is 20.2. The van der Waals surface area contributed by atoms with Crippen molar-refractivity contribution in [3.63, 3.8) is 0 Å². The summed E-state index contributed by atoms with van der Waals surface area (Å²) >= 11 is 0. The van der Waals surface area contributed by atoms with E-state index in [1.165, 1.54) is 65.4 Å². The molecule has 0 aliphatic rings. The van der Waals surface area contributed by atoms with Crippen LogP contribution in [0.15, 0.2) is 72.9 Å².